The summed E-state index contributed by atoms with van der Waals surface area (Å²) in [4.78, 5) is 31.7. The van der Waals surface area contributed by atoms with Crippen LogP contribution in [0.3, 0.4) is 0 Å². The fourth-order valence-corrected chi connectivity index (χ4v) is 6.48. The van der Waals surface area contributed by atoms with Gasteiger partial charge in [-0.1, -0.05) is 37.3 Å². The molecule has 2 aromatic heterocycles. The van der Waals surface area contributed by atoms with Crippen molar-refractivity contribution in [3.63, 3.8) is 0 Å². The average molecular weight is 596 g/mol. The molecule has 1 N–H and O–H groups in total. The maximum absolute atomic E-state index is 14.8. The fraction of sp³-hybridized carbons (Fsp3) is 0.484. The number of halogens is 3. The Morgan fingerprint density at radius 2 is 1.74 bits per heavy atom. The number of nitrogens with zero attached hydrogens (tertiary/aromatic N) is 6. The highest BCUT2D eigenvalue weighted by atomic mass is 19.4. The van der Waals surface area contributed by atoms with Crippen LogP contribution in [0.5, 0.6) is 6.01 Å². The number of anilines is 1. The molecule has 2 aromatic carbocycles. The topological polar surface area (TPSA) is 88.4 Å². The monoisotopic (exact) mass is 595 g/mol. The van der Waals surface area contributed by atoms with Gasteiger partial charge in [-0.15, -0.1) is 0 Å². The molecular weight excluding hydrogens is 559 g/mol. The molecule has 4 aromatic rings. The third kappa shape index (κ3) is 5.31. The van der Waals surface area contributed by atoms with Crippen LogP contribution in [0, 0.1) is 0 Å². The number of benzene rings is 2. The minimum absolute atomic E-state index is 0.0434. The van der Waals surface area contributed by atoms with E-state index in [1.807, 2.05) is 57.0 Å². The molecular formula is C31H36F3N7O2. The summed E-state index contributed by atoms with van der Waals surface area (Å²) in [7, 11) is 2.02. The van der Waals surface area contributed by atoms with Gasteiger partial charge in [0.15, 0.2) is 11.3 Å². The van der Waals surface area contributed by atoms with Crippen LogP contribution in [0.25, 0.3) is 27.5 Å². The molecule has 2 aliphatic rings. The van der Waals surface area contributed by atoms with Gasteiger partial charge in [-0.3, -0.25) is 9.36 Å². The molecule has 228 valence electrons. The van der Waals surface area contributed by atoms with Crippen molar-refractivity contribution >= 4 is 27.6 Å². The molecule has 3 atom stereocenters. The van der Waals surface area contributed by atoms with Gasteiger partial charge in [0.2, 0.25) is 5.82 Å². The number of fused-ring (bicyclic) bond motifs is 2. The summed E-state index contributed by atoms with van der Waals surface area (Å²) in [6.45, 7) is 8.29. The van der Waals surface area contributed by atoms with Gasteiger partial charge in [-0.2, -0.15) is 23.1 Å². The summed E-state index contributed by atoms with van der Waals surface area (Å²) in [6, 6.07) is 10.4. The zero-order valence-electron chi connectivity index (χ0n) is 24.8. The lowest BCUT2D eigenvalue weighted by Gasteiger charge is -2.40. The molecule has 0 spiro atoms. The number of likely N-dealkylation sites (tertiary alicyclic amines) is 1. The van der Waals surface area contributed by atoms with E-state index in [0.717, 1.165) is 30.3 Å². The first-order valence-corrected chi connectivity index (χ1v) is 14.8. The number of ether oxygens (including phenoxy) is 1. The zero-order chi connectivity index (χ0) is 30.5. The van der Waals surface area contributed by atoms with E-state index in [0.29, 0.717) is 36.1 Å². The van der Waals surface area contributed by atoms with E-state index in [4.69, 9.17) is 4.74 Å². The van der Waals surface area contributed by atoms with Crippen molar-refractivity contribution in [2.24, 2.45) is 0 Å². The molecule has 12 heteroatoms. The Morgan fingerprint density at radius 1 is 1.02 bits per heavy atom. The van der Waals surface area contributed by atoms with Gasteiger partial charge in [0.25, 0.3) is 5.56 Å². The number of alkyl halides is 3. The number of hydrogen-bond donors (Lipinski definition) is 1. The molecule has 4 heterocycles. The van der Waals surface area contributed by atoms with Gasteiger partial charge in [0, 0.05) is 36.6 Å². The molecule has 0 unspecified atom stereocenters. The standard InChI is InChI=1S/C31H36F3N7O2/c1-5-20-9-6-10-21-11-7-13-23(24(20)21)41-28(42)26-25(36-29(41)31(32,33)34)27(40-18(2)15-35-16-19(40)3)38-30(37-26)43-17-22-12-8-14-39(22)4/h6-7,9-11,13,18-19,22,35H,5,8,12,14-17H2,1-4H3/t18-,19-,22-/m0/s1. The van der Waals surface area contributed by atoms with E-state index in [1.54, 1.807) is 6.07 Å². The smallest absolute Gasteiger partial charge is 0.450 e. The molecule has 43 heavy (non-hydrogen) atoms. The lowest BCUT2D eigenvalue weighted by Crippen LogP contribution is -2.55. The molecule has 2 fully saturated rings. The van der Waals surface area contributed by atoms with Crippen LogP contribution in [0.1, 0.15) is 45.0 Å². The van der Waals surface area contributed by atoms with Crippen LogP contribution in [0.4, 0.5) is 19.0 Å². The lowest BCUT2D eigenvalue weighted by atomic mass is 10.0. The third-order valence-corrected chi connectivity index (χ3v) is 8.67. The van der Waals surface area contributed by atoms with Crippen LogP contribution in [0.2, 0.25) is 0 Å². The molecule has 6 rings (SSSR count). The Balaban J connectivity index is 1.64. The SMILES string of the molecule is CCc1cccc2cccc(-n3c(C(F)(F)F)nc4c(N5[C@@H](C)CNC[C@@H]5C)nc(OC[C@@H]5CCCN5C)nc4c3=O)c12. The summed E-state index contributed by atoms with van der Waals surface area (Å²) in [6.07, 6.45) is -2.36. The third-order valence-electron chi connectivity index (χ3n) is 8.67. The van der Waals surface area contributed by atoms with E-state index >= 15 is 0 Å². The van der Waals surface area contributed by atoms with Gasteiger partial charge < -0.3 is 19.9 Å². The van der Waals surface area contributed by atoms with Gasteiger partial charge in [0.1, 0.15) is 12.1 Å². The van der Waals surface area contributed by atoms with Crippen molar-refractivity contribution in [2.75, 3.05) is 38.2 Å². The van der Waals surface area contributed by atoms with Crippen molar-refractivity contribution in [3.05, 3.63) is 58.1 Å². The Hall–Kier alpha value is -3.77. The van der Waals surface area contributed by atoms with Crippen molar-refractivity contribution in [1.29, 1.82) is 0 Å². The lowest BCUT2D eigenvalue weighted by molar-refractivity contribution is -0.146. The zero-order valence-corrected chi connectivity index (χ0v) is 24.8. The van der Waals surface area contributed by atoms with Crippen molar-refractivity contribution < 1.29 is 17.9 Å². The normalized spacial score (nSPS) is 21.7. The van der Waals surface area contributed by atoms with E-state index in [1.165, 1.54) is 6.07 Å². The predicted molar refractivity (Wildman–Crippen MR) is 160 cm³/mol. The number of piperazine rings is 1. The quantitative estimate of drug-likeness (QED) is 0.347. The first kappa shape index (κ1) is 29.3. The number of aromatic nitrogens is 4. The molecule has 0 amide bonds. The first-order valence-electron chi connectivity index (χ1n) is 14.8. The summed E-state index contributed by atoms with van der Waals surface area (Å²) >= 11 is 0. The largest absolute Gasteiger partial charge is 0.462 e. The second kappa shape index (κ2) is 11.4. The average Bonchev–Trinajstić information content (AvgIpc) is 3.39. The molecule has 0 bridgehead atoms. The summed E-state index contributed by atoms with van der Waals surface area (Å²) in [5, 5.41) is 4.63. The second-order valence-corrected chi connectivity index (χ2v) is 11.6. The Bertz CT molecular complexity index is 1710. The van der Waals surface area contributed by atoms with Crippen LogP contribution >= 0.6 is 0 Å². The minimum atomic E-state index is -4.93. The molecule has 2 saturated heterocycles. The summed E-state index contributed by atoms with van der Waals surface area (Å²) in [5.41, 5.74) is -0.379. The summed E-state index contributed by atoms with van der Waals surface area (Å²) < 4.78 is 51.3. The molecule has 0 radical (unpaired) electrons. The second-order valence-electron chi connectivity index (χ2n) is 11.6. The predicted octanol–water partition coefficient (Wildman–Crippen LogP) is 4.57. The van der Waals surface area contributed by atoms with Gasteiger partial charge in [0.05, 0.1) is 5.69 Å². The Morgan fingerprint density at radius 3 is 2.40 bits per heavy atom. The van der Waals surface area contributed by atoms with Crippen molar-refractivity contribution in [1.82, 2.24) is 29.7 Å². The van der Waals surface area contributed by atoms with Crippen LogP contribution in [-0.4, -0.2) is 75.8 Å². The number of rotatable bonds is 6. The van der Waals surface area contributed by atoms with E-state index < -0.39 is 17.6 Å². The number of aryl methyl sites for hydroxylation is 1. The highest BCUT2D eigenvalue weighted by Gasteiger charge is 2.40. The highest BCUT2D eigenvalue weighted by Crippen LogP contribution is 2.35. The first-order chi connectivity index (χ1) is 20.6. The van der Waals surface area contributed by atoms with Crippen molar-refractivity contribution in [3.8, 4) is 11.7 Å². The number of nitrogens with one attached hydrogen (secondary N) is 1. The van der Waals surface area contributed by atoms with Crippen LogP contribution < -0.4 is 20.5 Å². The highest BCUT2D eigenvalue weighted by molar-refractivity contribution is 5.94. The Labute approximate surface area is 247 Å². The molecule has 9 nitrogen and oxygen atoms in total. The van der Waals surface area contributed by atoms with E-state index in [-0.39, 0.29) is 46.7 Å². The molecule has 0 aliphatic carbocycles. The van der Waals surface area contributed by atoms with Gasteiger partial charge >= 0.3 is 12.2 Å². The Kier molecular flexibility index (Phi) is 7.76. The van der Waals surface area contributed by atoms with Gasteiger partial charge in [-0.25, -0.2) is 4.98 Å². The van der Waals surface area contributed by atoms with Crippen LogP contribution in [0.15, 0.2) is 41.2 Å². The maximum atomic E-state index is 14.8. The number of hydrogen-bond acceptors (Lipinski definition) is 8. The van der Waals surface area contributed by atoms with E-state index in [9.17, 15) is 18.0 Å². The van der Waals surface area contributed by atoms with E-state index in [2.05, 4.69) is 25.2 Å². The minimum Gasteiger partial charge on any atom is -0.462 e. The maximum Gasteiger partial charge on any atom is 0.450 e. The fourth-order valence-electron chi connectivity index (χ4n) is 6.48. The summed E-state index contributed by atoms with van der Waals surface area (Å²) in [5.74, 6) is -1.15. The van der Waals surface area contributed by atoms with Crippen LogP contribution in [-0.2, 0) is 12.6 Å². The van der Waals surface area contributed by atoms with Gasteiger partial charge in [-0.05, 0) is 63.7 Å². The number of likely N-dealkylation sites (N-methyl/N-ethyl adjacent to an activating group) is 1. The molecule has 2 aliphatic heterocycles. The molecule has 0 saturated carbocycles. The van der Waals surface area contributed by atoms with Crippen molar-refractivity contribution in [2.45, 2.75) is 64.3 Å².